The molecule has 0 spiro atoms. The first kappa shape index (κ1) is 29.1. The van der Waals surface area contributed by atoms with Gasteiger partial charge in [-0.05, 0) is 12.3 Å². The van der Waals surface area contributed by atoms with Crippen LogP contribution < -0.4 is 11.2 Å². The number of nitrogens with zero attached hydrogens (tertiary/aromatic N) is 1. The van der Waals surface area contributed by atoms with Crippen LogP contribution in [0.1, 0.15) is 0 Å². The van der Waals surface area contributed by atoms with Crippen molar-refractivity contribution in [2.24, 2.45) is 0 Å². The molecule has 4 atom stereocenters. The van der Waals surface area contributed by atoms with Gasteiger partial charge in [0.2, 0.25) is 0 Å². The first-order valence-corrected chi connectivity index (χ1v) is 12.3. The van der Waals surface area contributed by atoms with E-state index in [4.69, 9.17) is 14.7 Å². The van der Waals surface area contributed by atoms with Crippen LogP contribution in [0.4, 0.5) is 4.39 Å². The Balaban J connectivity index is 3.15. The smallest absolute Gasteiger partial charge is 0.490 e. The molecule has 17 nitrogen and oxygen atoms in total. The summed E-state index contributed by atoms with van der Waals surface area (Å²) < 4.78 is 65.1. The lowest BCUT2D eigenvalue weighted by atomic mass is 10.1. The summed E-state index contributed by atoms with van der Waals surface area (Å²) in [5.41, 5.74) is 1.65. The van der Waals surface area contributed by atoms with Crippen molar-refractivity contribution in [3.63, 3.8) is 0 Å². The third-order valence-electron chi connectivity index (χ3n) is 3.06. The molecule has 1 aromatic rings. The Hall–Kier alpha value is -1.96. The molecule has 0 saturated carbocycles. The van der Waals surface area contributed by atoms with Gasteiger partial charge in [0, 0.05) is 12.3 Å². The highest BCUT2D eigenvalue weighted by Gasteiger charge is 2.47. The number of nitrogens with one attached hydrogen (secondary N) is 1. The Kier molecular flexibility index (Phi) is 9.67. The van der Waals surface area contributed by atoms with E-state index in [1.54, 1.807) is 10.7 Å². The number of halogens is 1. The summed E-state index contributed by atoms with van der Waals surface area (Å²) in [6.45, 7) is 0.0112. The van der Waals surface area contributed by atoms with Crippen molar-refractivity contribution < 1.29 is 65.8 Å². The van der Waals surface area contributed by atoms with Gasteiger partial charge in [-0.15, -0.1) is 0 Å². The molecule has 0 saturated heterocycles. The number of ether oxygens (including phenoxy) is 1. The minimum atomic E-state index is -5.94. The molecule has 0 amide bonds. The van der Waals surface area contributed by atoms with E-state index >= 15 is 4.39 Å². The Labute approximate surface area is 181 Å². The lowest BCUT2D eigenvalue weighted by Crippen LogP contribution is -2.47. The van der Waals surface area contributed by atoms with Crippen molar-refractivity contribution in [3.8, 4) is 0 Å². The van der Waals surface area contributed by atoms with Gasteiger partial charge in [0.05, 0.1) is 0 Å². The number of hydrogen-bond donors (Lipinski definition) is 7. The number of aromatic nitrogens is 2. The Morgan fingerprint density at radius 3 is 2.33 bits per heavy atom. The standard InChI is InChI=1S/C12H16FN2O15P3/c1-2-3-8(16)10(18)12(13,27-7-15-5-4-9(17)14-11(15)19)6-28-32(23,24)30-33(25,26)29-31(20,21)22/h4-5,10,16,18H,1,6-7H2,(H,23,24)(H,25,26)(H,14,17,19)(H2,20,21,22)/t10-,12+/m0/s1. The van der Waals surface area contributed by atoms with Gasteiger partial charge in [0.15, 0.2) is 11.9 Å². The summed E-state index contributed by atoms with van der Waals surface area (Å²) in [7, 11) is -17.5. The summed E-state index contributed by atoms with van der Waals surface area (Å²) in [6, 6.07) is 0.824. The van der Waals surface area contributed by atoms with Crippen molar-refractivity contribution in [2.75, 3.05) is 6.61 Å². The van der Waals surface area contributed by atoms with Gasteiger partial charge >= 0.3 is 29.2 Å². The summed E-state index contributed by atoms with van der Waals surface area (Å²) in [5, 5.41) is 19.5. The molecule has 0 aromatic carbocycles. The maximum atomic E-state index is 15.3. The molecule has 0 bridgehead atoms. The number of aliphatic hydroxyl groups is 2. The van der Waals surface area contributed by atoms with Crippen LogP contribution in [0.2, 0.25) is 0 Å². The molecule has 21 heteroatoms. The van der Waals surface area contributed by atoms with Gasteiger partial charge in [-0.1, -0.05) is 5.73 Å². The highest BCUT2D eigenvalue weighted by Crippen LogP contribution is 2.66. The highest BCUT2D eigenvalue weighted by atomic mass is 31.3. The maximum absolute atomic E-state index is 15.3. The van der Waals surface area contributed by atoms with E-state index in [1.807, 2.05) is 5.73 Å². The molecule has 1 aromatic heterocycles. The van der Waals surface area contributed by atoms with Crippen molar-refractivity contribution in [3.05, 3.63) is 56.9 Å². The average Bonchev–Trinajstić information content (AvgIpc) is 2.62. The van der Waals surface area contributed by atoms with E-state index in [-0.39, 0.29) is 0 Å². The van der Waals surface area contributed by atoms with E-state index in [2.05, 4.69) is 24.5 Å². The highest BCUT2D eigenvalue weighted by molar-refractivity contribution is 7.66. The fourth-order valence-electron chi connectivity index (χ4n) is 1.76. The zero-order valence-corrected chi connectivity index (χ0v) is 18.6. The largest absolute Gasteiger partial charge is 0.502 e. The normalized spacial score (nSPS) is 18.1. The minimum absolute atomic E-state index is 0.539. The molecule has 0 radical (unpaired) electrons. The number of rotatable bonds is 12. The van der Waals surface area contributed by atoms with Crippen LogP contribution in [-0.2, 0) is 38.3 Å². The van der Waals surface area contributed by atoms with Crippen LogP contribution in [0.3, 0.4) is 0 Å². The zero-order chi connectivity index (χ0) is 25.7. The molecular weight excluding hydrogens is 524 g/mol. The molecule has 0 aliphatic heterocycles. The van der Waals surface area contributed by atoms with Gasteiger partial charge in [-0.2, -0.15) is 8.62 Å². The molecule has 2 unspecified atom stereocenters. The van der Waals surface area contributed by atoms with Crippen LogP contribution in [0.15, 0.2) is 45.7 Å². The van der Waals surface area contributed by atoms with Crippen LogP contribution in [0, 0.1) is 0 Å². The van der Waals surface area contributed by atoms with Crippen molar-refractivity contribution in [2.45, 2.75) is 18.7 Å². The van der Waals surface area contributed by atoms with Crippen LogP contribution in [0.25, 0.3) is 0 Å². The third-order valence-corrected chi connectivity index (χ3v) is 6.85. The number of hydrogen-bond acceptors (Lipinski definition) is 11. The van der Waals surface area contributed by atoms with E-state index in [0.29, 0.717) is 4.57 Å². The lowest BCUT2D eigenvalue weighted by molar-refractivity contribution is -0.237. The molecule has 0 aliphatic carbocycles. The Morgan fingerprint density at radius 2 is 1.82 bits per heavy atom. The minimum Gasteiger partial charge on any atom is -0.502 e. The second kappa shape index (κ2) is 11.0. The van der Waals surface area contributed by atoms with Crippen molar-refractivity contribution in [1.29, 1.82) is 0 Å². The lowest BCUT2D eigenvalue weighted by Gasteiger charge is -2.29. The van der Waals surface area contributed by atoms with E-state index in [9.17, 15) is 38.4 Å². The van der Waals surface area contributed by atoms with Crippen LogP contribution in [0.5, 0.6) is 0 Å². The van der Waals surface area contributed by atoms with Gasteiger partial charge < -0.3 is 34.5 Å². The quantitative estimate of drug-likeness (QED) is 0.0978. The predicted molar refractivity (Wildman–Crippen MR) is 101 cm³/mol. The molecule has 7 N–H and O–H groups in total. The molecular formula is C12H16FN2O15P3. The number of H-pyrrole nitrogens is 1. The number of aliphatic hydroxyl groups excluding tert-OH is 2. The third kappa shape index (κ3) is 9.82. The Bertz CT molecular complexity index is 1210. The maximum Gasteiger partial charge on any atom is 0.490 e. The topological polar surface area (TPSA) is 264 Å². The van der Waals surface area contributed by atoms with Gasteiger partial charge in [0.1, 0.15) is 13.3 Å². The first-order valence-electron chi connectivity index (χ1n) is 7.83. The van der Waals surface area contributed by atoms with Gasteiger partial charge in [-0.25, -0.2) is 22.9 Å². The second-order valence-electron chi connectivity index (χ2n) is 5.59. The van der Waals surface area contributed by atoms with E-state index < -0.39 is 65.8 Å². The fourth-order valence-corrected chi connectivity index (χ4v) is 4.79. The number of phosphoric acid groups is 3. The first-order chi connectivity index (χ1) is 14.9. The van der Waals surface area contributed by atoms with Crippen molar-refractivity contribution in [1.82, 2.24) is 9.55 Å². The van der Waals surface area contributed by atoms with E-state index in [0.717, 1.165) is 12.3 Å². The summed E-state index contributed by atoms with van der Waals surface area (Å²) in [6.07, 6.45) is -1.94. The summed E-state index contributed by atoms with van der Waals surface area (Å²) >= 11 is 0. The van der Waals surface area contributed by atoms with Gasteiger partial charge in [-0.3, -0.25) is 18.9 Å². The van der Waals surface area contributed by atoms with Crippen molar-refractivity contribution >= 4 is 23.5 Å². The van der Waals surface area contributed by atoms with Gasteiger partial charge in [0.25, 0.3) is 11.4 Å². The van der Waals surface area contributed by atoms with Crippen LogP contribution >= 0.6 is 23.5 Å². The number of phosphoric ester groups is 1. The fraction of sp³-hybridized carbons (Fsp3) is 0.333. The molecule has 186 valence electrons. The number of alkyl halides is 1. The van der Waals surface area contributed by atoms with E-state index in [1.165, 1.54) is 0 Å². The zero-order valence-electron chi connectivity index (χ0n) is 15.9. The summed E-state index contributed by atoms with van der Waals surface area (Å²) in [4.78, 5) is 59.9. The Morgan fingerprint density at radius 1 is 1.21 bits per heavy atom. The summed E-state index contributed by atoms with van der Waals surface area (Å²) in [5.74, 6) is -5.06. The predicted octanol–water partition coefficient (Wildman–Crippen LogP) is -0.737. The monoisotopic (exact) mass is 540 g/mol. The second-order valence-corrected chi connectivity index (χ2v) is 10.0. The van der Waals surface area contributed by atoms with Crippen LogP contribution in [-0.4, -0.2) is 57.9 Å². The molecule has 0 fully saturated rings. The molecule has 1 rings (SSSR count). The SMILES string of the molecule is C=C=C=C(O)[C@H](O)[C@@](F)(COP(=O)(O)OP(=O)(O)OP(=O)(O)O)OCn1ccc(=O)[nH]c1=O. The number of aromatic amines is 1. The molecule has 33 heavy (non-hydrogen) atoms. The average molecular weight is 540 g/mol. The molecule has 0 aliphatic rings. The molecule has 1 heterocycles.